The summed E-state index contributed by atoms with van der Waals surface area (Å²) in [5, 5.41) is 2.46. The predicted octanol–water partition coefficient (Wildman–Crippen LogP) is 2.73. The van der Waals surface area contributed by atoms with Gasteiger partial charge >= 0.3 is 0 Å². The molecule has 1 aromatic heterocycles. The predicted molar refractivity (Wildman–Crippen MR) is 110 cm³/mol. The Morgan fingerprint density at radius 3 is 2.64 bits per heavy atom. The van der Waals surface area contributed by atoms with Gasteiger partial charge in [-0.2, -0.15) is 0 Å². The van der Waals surface area contributed by atoms with Crippen LogP contribution in [0.5, 0.6) is 0 Å². The third-order valence-electron chi connectivity index (χ3n) is 5.95. The highest BCUT2D eigenvalue weighted by molar-refractivity contribution is 7.13. The summed E-state index contributed by atoms with van der Waals surface area (Å²) in [5.41, 5.74) is 7.73. The standard InChI is InChI=1S/C21H26N4O2S/c1-2-18(26)25-11-15-10-24(19(27)9-8-16-13-28-21(22)23-16)12-17(15)20(25)14-6-4-3-5-7-14/h3-7,13,15,17,20H,2,8-12H2,1H3,(H2,22,23)/t15-,17-,20+/m0/s1. The number of aryl methyl sites for hydroxylation is 1. The van der Waals surface area contributed by atoms with E-state index in [1.54, 1.807) is 0 Å². The minimum Gasteiger partial charge on any atom is -0.375 e. The largest absolute Gasteiger partial charge is 0.375 e. The summed E-state index contributed by atoms with van der Waals surface area (Å²) in [5.74, 6) is 1.01. The minimum absolute atomic E-state index is 0.0646. The van der Waals surface area contributed by atoms with E-state index in [2.05, 4.69) is 17.1 Å². The van der Waals surface area contributed by atoms with E-state index in [4.69, 9.17) is 5.73 Å². The van der Waals surface area contributed by atoms with Crippen molar-refractivity contribution in [1.82, 2.24) is 14.8 Å². The van der Waals surface area contributed by atoms with Gasteiger partial charge in [0.05, 0.1) is 11.7 Å². The second-order valence-corrected chi connectivity index (χ2v) is 8.54. The minimum atomic E-state index is 0.0646. The molecule has 0 spiro atoms. The van der Waals surface area contributed by atoms with Crippen LogP contribution in [0.3, 0.4) is 0 Å². The zero-order valence-corrected chi connectivity index (χ0v) is 16.9. The molecule has 2 saturated heterocycles. The maximum absolute atomic E-state index is 12.8. The second kappa shape index (κ2) is 7.91. The smallest absolute Gasteiger partial charge is 0.222 e. The van der Waals surface area contributed by atoms with Crippen LogP contribution in [0.25, 0.3) is 0 Å². The van der Waals surface area contributed by atoms with E-state index in [0.717, 1.165) is 25.3 Å². The number of nitrogens with two attached hydrogens (primary N) is 1. The van der Waals surface area contributed by atoms with Crippen LogP contribution in [0.2, 0.25) is 0 Å². The summed E-state index contributed by atoms with van der Waals surface area (Å²) < 4.78 is 0. The highest BCUT2D eigenvalue weighted by Gasteiger charge is 2.49. The van der Waals surface area contributed by atoms with Crippen LogP contribution in [0.15, 0.2) is 35.7 Å². The van der Waals surface area contributed by atoms with Crippen LogP contribution in [-0.4, -0.2) is 46.2 Å². The first-order valence-electron chi connectivity index (χ1n) is 9.89. The number of anilines is 1. The van der Waals surface area contributed by atoms with Crippen molar-refractivity contribution < 1.29 is 9.59 Å². The van der Waals surface area contributed by atoms with Crippen LogP contribution in [0.4, 0.5) is 5.13 Å². The topological polar surface area (TPSA) is 79.5 Å². The number of carbonyl (C=O) groups excluding carboxylic acids is 2. The van der Waals surface area contributed by atoms with Crippen molar-refractivity contribution in [3.8, 4) is 0 Å². The Kier molecular flexibility index (Phi) is 5.35. The first kappa shape index (κ1) is 18.9. The third-order valence-corrected chi connectivity index (χ3v) is 6.67. The van der Waals surface area contributed by atoms with Crippen LogP contribution in [0, 0.1) is 11.8 Å². The molecule has 28 heavy (non-hydrogen) atoms. The van der Waals surface area contributed by atoms with Gasteiger partial charge in [0.15, 0.2) is 5.13 Å². The zero-order chi connectivity index (χ0) is 19.7. The van der Waals surface area contributed by atoms with Crippen molar-refractivity contribution in [2.24, 2.45) is 11.8 Å². The number of hydrogen-bond donors (Lipinski definition) is 1. The number of likely N-dealkylation sites (tertiary alicyclic amines) is 2. The van der Waals surface area contributed by atoms with Gasteiger partial charge in [-0.15, -0.1) is 11.3 Å². The Morgan fingerprint density at radius 1 is 1.18 bits per heavy atom. The molecule has 2 aliphatic heterocycles. The molecule has 2 amide bonds. The molecule has 0 radical (unpaired) electrons. The number of thiazole rings is 1. The fourth-order valence-electron chi connectivity index (χ4n) is 4.62. The molecule has 148 valence electrons. The highest BCUT2D eigenvalue weighted by atomic mass is 32.1. The molecule has 3 heterocycles. The zero-order valence-electron chi connectivity index (χ0n) is 16.1. The molecule has 2 aromatic rings. The maximum atomic E-state index is 12.8. The molecule has 0 bridgehead atoms. The van der Waals surface area contributed by atoms with E-state index in [-0.39, 0.29) is 17.9 Å². The molecule has 2 aliphatic rings. The monoisotopic (exact) mass is 398 g/mol. The summed E-state index contributed by atoms with van der Waals surface area (Å²) in [7, 11) is 0. The molecule has 2 N–H and O–H groups in total. The van der Waals surface area contributed by atoms with Gasteiger partial charge in [-0.25, -0.2) is 4.98 Å². The fourth-order valence-corrected chi connectivity index (χ4v) is 5.21. The van der Waals surface area contributed by atoms with E-state index in [1.165, 1.54) is 16.9 Å². The van der Waals surface area contributed by atoms with E-state index in [1.807, 2.05) is 40.3 Å². The van der Waals surface area contributed by atoms with Gasteiger partial charge in [0.25, 0.3) is 0 Å². The molecule has 7 heteroatoms. The molecule has 2 fully saturated rings. The van der Waals surface area contributed by atoms with Gasteiger partial charge in [0.2, 0.25) is 11.8 Å². The molecular weight excluding hydrogens is 372 g/mol. The molecule has 0 saturated carbocycles. The number of amides is 2. The van der Waals surface area contributed by atoms with Crippen molar-refractivity contribution >= 4 is 28.3 Å². The summed E-state index contributed by atoms with van der Waals surface area (Å²) >= 11 is 1.41. The first-order valence-corrected chi connectivity index (χ1v) is 10.8. The number of carbonyl (C=O) groups is 2. The molecule has 4 rings (SSSR count). The molecule has 0 aliphatic carbocycles. The summed E-state index contributed by atoms with van der Waals surface area (Å²) in [6.45, 7) is 4.11. The van der Waals surface area contributed by atoms with Crippen LogP contribution in [0.1, 0.15) is 37.1 Å². The Bertz CT molecular complexity index is 853. The van der Waals surface area contributed by atoms with Crippen LogP contribution >= 0.6 is 11.3 Å². The van der Waals surface area contributed by atoms with E-state index < -0.39 is 0 Å². The van der Waals surface area contributed by atoms with Crippen molar-refractivity contribution in [3.05, 3.63) is 47.0 Å². The number of rotatable bonds is 5. The van der Waals surface area contributed by atoms with Gasteiger partial charge < -0.3 is 15.5 Å². The molecule has 3 atom stereocenters. The van der Waals surface area contributed by atoms with Crippen molar-refractivity contribution in [3.63, 3.8) is 0 Å². The van der Waals surface area contributed by atoms with Gasteiger partial charge in [-0.05, 0) is 12.0 Å². The van der Waals surface area contributed by atoms with Gasteiger partial charge in [0, 0.05) is 49.7 Å². The van der Waals surface area contributed by atoms with Crippen molar-refractivity contribution in [2.45, 2.75) is 32.2 Å². The summed E-state index contributed by atoms with van der Waals surface area (Å²) in [6, 6.07) is 10.3. The van der Waals surface area contributed by atoms with Crippen LogP contribution in [-0.2, 0) is 16.0 Å². The molecule has 1 aromatic carbocycles. The molecule has 0 unspecified atom stereocenters. The van der Waals surface area contributed by atoms with Crippen molar-refractivity contribution in [1.29, 1.82) is 0 Å². The number of nitrogen functional groups attached to an aromatic ring is 1. The third kappa shape index (κ3) is 3.63. The first-order chi connectivity index (χ1) is 13.6. The number of aromatic nitrogens is 1. The number of fused-ring (bicyclic) bond motifs is 1. The lowest BCUT2D eigenvalue weighted by Gasteiger charge is -2.30. The van der Waals surface area contributed by atoms with E-state index in [9.17, 15) is 9.59 Å². The Hall–Kier alpha value is -2.41. The average molecular weight is 399 g/mol. The van der Waals surface area contributed by atoms with Gasteiger partial charge in [-0.3, -0.25) is 9.59 Å². The van der Waals surface area contributed by atoms with E-state index in [0.29, 0.717) is 36.2 Å². The highest BCUT2D eigenvalue weighted by Crippen LogP contribution is 2.45. The van der Waals surface area contributed by atoms with Gasteiger partial charge in [0.1, 0.15) is 0 Å². The Labute approximate surface area is 169 Å². The summed E-state index contributed by atoms with van der Waals surface area (Å²) in [6.07, 6.45) is 1.60. The fraction of sp³-hybridized carbons (Fsp3) is 0.476. The maximum Gasteiger partial charge on any atom is 0.222 e. The molecule has 6 nitrogen and oxygen atoms in total. The van der Waals surface area contributed by atoms with Crippen LogP contribution < -0.4 is 5.73 Å². The lowest BCUT2D eigenvalue weighted by molar-refractivity contribution is -0.133. The quantitative estimate of drug-likeness (QED) is 0.840. The Morgan fingerprint density at radius 2 is 1.96 bits per heavy atom. The summed E-state index contributed by atoms with van der Waals surface area (Å²) in [4.78, 5) is 33.5. The SMILES string of the molecule is CCC(=O)N1C[C@@H]2CN(C(=O)CCc3csc(N)n3)C[C@@H]2[C@H]1c1ccccc1. The average Bonchev–Trinajstić information content (AvgIpc) is 3.40. The van der Waals surface area contributed by atoms with Crippen molar-refractivity contribution in [2.75, 3.05) is 25.4 Å². The van der Waals surface area contributed by atoms with Gasteiger partial charge in [-0.1, -0.05) is 37.3 Å². The molecular formula is C21H26N4O2S. The van der Waals surface area contributed by atoms with E-state index >= 15 is 0 Å². The normalized spacial score (nSPS) is 23.8. The number of nitrogens with zero attached hydrogens (tertiary/aromatic N) is 3. The number of hydrogen-bond acceptors (Lipinski definition) is 5. The second-order valence-electron chi connectivity index (χ2n) is 7.65. The lowest BCUT2D eigenvalue weighted by atomic mass is 9.89. The number of benzene rings is 1. The lowest BCUT2D eigenvalue weighted by Crippen LogP contribution is -2.37. The Balaban J connectivity index is 1.45.